The van der Waals surface area contributed by atoms with E-state index in [0.717, 1.165) is 12.0 Å². The Bertz CT molecular complexity index is 462. The van der Waals surface area contributed by atoms with E-state index in [1.54, 1.807) is 19.2 Å². The summed E-state index contributed by atoms with van der Waals surface area (Å²) in [5, 5.41) is 2.72. The summed E-state index contributed by atoms with van der Waals surface area (Å²) in [5.74, 6) is -0.751. The number of amides is 2. The van der Waals surface area contributed by atoms with Crippen LogP contribution in [-0.2, 0) is 20.9 Å². The summed E-state index contributed by atoms with van der Waals surface area (Å²) in [4.78, 5) is 24.8. The number of ether oxygens (including phenoxy) is 1. The Morgan fingerprint density at radius 1 is 1.29 bits per heavy atom. The Kier molecular flexibility index (Phi) is 7.39. The molecule has 0 spiro atoms. The van der Waals surface area contributed by atoms with Gasteiger partial charge in [0.05, 0.1) is 6.54 Å². The normalized spacial score (nSPS) is 10.2. The Morgan fingerprint density at radius 3 is 2.52 bits per heavy atom. The Labute approximate surface area is 124 Å². The van der Waals surface area contributed by atoms with Crippen LogP contribution in [0.5, 0.6) is 0 Å². The van der Waals surface area contributed by atoms with Gasteiger partial charge >= 0.3 is 0 Å². The third kappa shape index (κ3) is 6.85. The second-order valence-corrected chi connectivity index (χ2v) is 4.70. The highest BCUT2D eigenvalue weighted by Crippen LogP contribution is 2.06. The summed E-state index contributed by atoms with van der Waals surface area (Å²) in [7, 11) is 1.60. The van der Waals surface area contributed by atoms with Crippen molar-refractivity contribution in [3.05, 3.63) is 35.6 Å². The summed E-state index contributed by atoms with van der Waals surface area (Å²) >= 11 is 0. The largest absolute Gasteiger partial charge is 0.385 e. The first-order valence-corrected chi connectivity index (χ1v) is 6.78. The third-order valence-corrected chi connectivity index (χ3v) is 2.91. The first-order chi connectivity index (χ1) is 10.0. The lowest BCUT2D eigenvalue weighted by atomic mass is 10.2. The molecule has 0 saturated carbocycles. The SMILES string of the molecule is COCCCNC(=O)CN(Cc1ccc(F)cc1)C(C)=O. The van der Waals surface area contributed by atoms with Gasteiger partial charge in [-0.05, 0) is 24.1 Å². The van der Waals surface area contributed by atoms with Crippen molar-refractivity contribution < 1.29 is 18.7 Å². The minimum atomic E-state index is -0.330. The Morgan fingerprint density at radius 2 is 1.95 bits per heavy atom. The van der Waals surface area contributed by atoms with Crippen molar-refractivity contribution in [2.75, 3.05) is 26.8 Å². The van der Waals surface area contributed by atoms with E-state index >= 15 is 0 Å². The number of hydrogen-bond acceptors (Lipinski definition) is 3. The monoisotopic (exact) mass is 296 g/mol. The molecular formula is C15H21FN2O3. The molecule has 2 amide bonds. The zero-order valence-corrected chi connectivity index (χ0v) is 12.4. The lowest BCUT2D eigenvalue weighted by Gasteiger charge is -2.20. The molecule has 0 unspecified atom stereocenters. The van der Waals surface area contributed by atoms with Gasteiger partial charge in [0, 0.05) is 33.7 Å². The summed E-state index contributed by atoms with van der Waals surface area (Å²) in [5.41, 5.74) is 0.777. The first-order valence-electron chi connectivity index (χ1n) is 6.78. The summed E-state index contributed by atoms with van der Waals surface area (Å²) in [6.45, 7) is 2.75. The van der Waals surface area contributed by atoms with Gasteiger partial charge in [-0.25, -0.2) is 4.39 Å². The van der Waals surface area contributed by atoms with Crippen LogP contribution in [0.4, 0.5) is 4.39 Å². The molecule has 1 aromatic carbocycles. The molecule has 116 valence electrons. The van der Waals surface area contributed by atoms with Crippen LogP contribution in [0.15, 0.2) is 24.3 Å². The van der Waals surface area contributed by atoms with E-state index in [-0.39, 0.29) is 30.7 Å². The van der Waals surface area contributed by atoms with Crippen LogP contribution in [-0.4, -0.2) is 43.5 Å². The van der Waals surface area contributed by atoms with Crippen molar-refractivity contribution in [1.29, 1.82) is 0 Å². The van der Waals surface area contributed by atoms with E-state index in [1.165, 1.54) is 24.0 Å². The number of halogens is 1. The molecule has 0 aliphatic heterocycles. The fourth-order valence-corrected chi connectivity index (χ4v) is 1.76. The van der Waals surface area contributed by atoms with Crippen LogP contribution in [0.25, 0.3) is 0 Å². The number of benzene rings is 1. The molecule has 1 aromatic rings. The molecule has 0 radical (unpaired) electrons. The molecule has 0 aromatic heterocycles. The zero-order chi connectivity index (χ0) is 15.7. The average molecular weight is 296 g/mol. The van der Waals surface area contributed by atoms with Gasteiger partial charge in [0.15, 0.2) is 0 Å². The standard InChI is InChI=1S/C15H21FN2O3/c1-12(19)18(10-13-4-6-14(16)7-5-13)11-15(20)17-8-3-9-21-2/h4-7H,3,8-11H2,1-2H3,(H,17,20). The molecule has 0 heterocycles. The summed E-state index contributed by atoms with van der Waals surface area (Å²) in [6, 6.07) is 5.86. The van der Waals surface area contributed by atoms with Gasteiger partial charge in [0.25, 0.3) is 0 Å². The van der Waals surface area contributed by atoms with Gasteiger partial charge in [0.2, 0.25) is 11.8 Å². The molecule has 0 aliphatic carbocycles. The van der Waals surface area contributed by atoms with Crippen LogP contribution in [0.2, 0.25) is 0 Å². The van der Waals surface area contributed by atoms with Gasteiger partial charge in [-0.2, -0.15) is 0 Å². The van der Waals surface area contributed by atoms with Gasteiger partial charge in [0.1, 0.15) is 5.82 Å². The van der Waals surface area contributed by atoms with Gasteiger partial charge < -0.3 is 15.0 Å². The highest BCUT2D eigenvalue weighted by atomic mass is 19.1. The fourth-order valence-electron chi connectivity index (χ4n) is 1.76. The van der Waals surface area contributed by atoms with Crippen LogP contribution >= 0.6 is 0 Å². The number of hydrogen-bond donors (Lipinski definition) is 1. The maximum Gasteiger partial charge on any atom is 0.239 e. The van der Waals surface area contributed by atoms with E-state index in [9.17, 15) is 14.0 Å². The maximum atomic E-state index is 12.8. The molecule has 5 nitrogen and oxygen atoms in total. The van der Waals surface area contributed by atoms with Crippen molar-refractivity contribution in [2.45, 2.75) is 19.9 Å². The molecule has 0 bridgehead atoms. The number of carbonyl (C=O) groups is 2. The van der Waals surface area contributed by atoms with Crippen LogP contribution in [0.1, 0.15) is 18.9 Å². The predicted molar refractivity (Wildman–Crippen MR) is 77.0 cm³/mol. The number of nitrogens with one attached hydrogen (secondary N) is 1. The number of carbonyl (C=O) groups excluding carboxylic acids is 2. The van der Waals surface area contributed by atoms with E-state index < -0.39 is 0 Å². The lowest BCUT2D eigenvalue weighted by molar-refractivity contribution is -0.134. The number of methoxy groups -OCH3 is 1. The minimum Gasteiger partial charge on any atom is -0.385 e. The van der Waals surface area contributed by atoms with Crippen molar-refractivity contribution in [3.8, 4) is 0 Å². The van der Waals surface area contributed by atoms with Gasteiger partial charge in [-0.15, -0.1) is 0 Å². The fraction of sp³-hybridized carbons (Fsp3) is 0.467. The predicted octanol–water partition coefficient (Wildman–Crippen LogP) is 1.33. The smallest absolute Gasteiger partial charge is 0.239 e. The highest BCUT2D eigenvalue weighted by molar-refractivity contribution is 5.83. The maximum absolute atomic E-state index is 12.8. The second-order valence-electron chi connectivity index (χ2n) is 4.70. The molecule has 1 rings (SSSR count). The quantitative estimate of drug-likeness (QED) is 0.736. The Balaban J connectivity index is 2.48. The first kappa shape index (κ1) is 17.1. The van der Waals surface area contributed by atoms with E-state index in [4.69, 9.17) is 4.74 Å². The highest BCUT2D eigenvalue weighted by Gasteiger charge is 2.13. The average Bonchev–Trinajstić information content (AvgIpc) is 2.45. The lowest BCUT2D eigenvalue weighted by Crippen LogP contribution is -2.39. The van der Waals surface area contributed by atoms with Crippen molar-refractivity contribution in [2.24, 2.45) is 0 Å². The third-order valence-electron chi connectivity index (χ3n) is 2.91. The Hall–Kier alpha value is -1.95. The zero-order valence-electron chi connectivity index (χ0n) is 12.4. The van der Waals surface area contributed by atoms with Gasteiger partial charge in [-0.3, -0.25) is 9.59 Å². The number of rotatable bonds is 8. The summed E-state index contributed by atoms with van der Waals surface area (Å²) in [6.07, 6.45) is 0.722. The molecule has 0 atom stereocenters. The molecule has 0 saturated heterocycles. The number of nitrogens with zero attached hydrogens (tertiary/aromatic N) is 1. The van der Waals surface area contributed by atoms with Crippen molar-refractivity contribution in [3.63, 3.8) is 0 Å². The molecule has 0 fully saturated rings. The van der Waals surface area contributed by atoms with E-state index in [2.05, 4.69) is 5.32 Å². The second kappa shape index (κ2) is 9.07. The summed E-state index contributed by atoms with van der Waals surface area (Å²) < 4.78 is 17.7. The molecule has 21 heavy (non-hydrogen) atoms. The molecule has 6 heteroatoms. The topological polar surface area (TPSA) is 58.6 Å². The molecular weight excluding hydrogens is 275 g/mol. The van der Waals surface area contributed by atoms with Crippen LogP contribution < -0.4 is 5.32 Å². The molecule has 0 aliphatic rings. The van der Waals surface area contributed by atoms with E-state index in [1.807, 2.05) is 0 Å². The van der Waals surface area contributed by atoms with Crippen molar-refractivity contribution >= 4 is 11.8 Å². The van der Waals surface area contributed by atoms with Gasteiger partial charge in [-0.1, -0.05) is 12.1 Å². The van der Waals surface area contributed by atoms with E-state index in [0.29, 0.717) is 13.2 Å². The minimum absolute atomic E-state index is 0.0142. The van der Waals surface area contributed by atoms with Crippen LogP contribution in [0.3, 0.4) is 0 Å². The van der Waals surface area contributed by atoms with Crippen LogP contribution in [0, 0.1) is 5.82 Å². The molecule has 1 N–H and O–H groups in total. The van der Waals surface area contributed by atoms with Crippen molar-refractivity contribution in [1.82, 2.24) is 10.2 Å².